The molecule has 1 fully saturated rings. The van der Waals surface area contributed by atoms with Gasteiger partial charge in [-0.15, -0.1) is 10.2 Å². The zero-order chi connectivity index (χ0) is 9.26. The molecule has 1 aromatic rings. The number of rotatable bonds is 3. The Kier molecular flexibility index (Phi) is 2.46. The van der Waals surface area contributed by atoms with Crippen LogP contribution in [0.4, 0.5) is 5.13 Å². The topological polar surface area (TPSA) is 49.2 Å². The summed E-state index contributed by atoms with van der Waals surface area (Å²) < 4.78 is 0. The average molecular weight is 199 g/mol. The van der Waals surface area contributed by atoms with Gasteiger partial charge in [0.25, 0.3) is 0 Å². The van der Waals surface area contributed by atoms with Crippen molar-refractivity contribution in [3.8, 4) is 0 Å². The molecule has 0 bridgehead atoms. The molecular formula is C8H13N3OS. The van der Waals surface area contributed by atoms with Gasteiger partial charge < -0.3 is 10.0 Å². The molecule has 72 valence electrons. The van der Waals surface area contributed by atoms with Crippen LogP contribution in [0.3, 0.4) is 0 Å². The van der Waals surface area contributed by atoms with E-state index in [1.807, 2.05) is 7.05 Å². The molecule has 0 spiro atoms. The average Bonchev–Trinajstić information content (AvgIpc) is 2.48. The number of anilines is 1. The lowest BCUT2D eigenvalue weighted by Gasteiger charge is -2.34. The van der Waals surface area contributed by atoms with Gasteiger partial charge in [-0.3, -0.25) is 0 Å². The lowest BCUT2D eigenvalue weighted by atomic mass is 9.92. The van der Waals surface area contributed by atoms with Crippen LogP contribution in [0.5, 0.6) is 0 Å². The second-order valence-electron chi connectivity index (χ2n) is 3.33. The number of hydrogen-bond acceptors (Lipinski definition) is 5. The van der Waals surface area contributed by atoms with E-state index in [0.29, 0.717) is 11.0 Å². The Morgan fingerprint density at radius 1 is 1.54 bits per heavy atom. The Morgan fingerprint density at radius 2 is 2.31 bits per heavy atom. The highest BCUT2D eigenvalue weighted by molar-refractivity contribution is 7.15. The first-order valence-corrected chi connectivity index (χ1v) is 5.29. The van der Waals surface area contributed by atoms with Crippen molar-refractivity contribution >= 4 is 16.5 Å². The van der Waals surface area contributed by atoms with E-state index >= 15 is 0 Å². The van der Waals surface area contributed by atoms with Crippen LogP contribution in [0.1, 0.15) is 24.3 Å². The molecule has 1 aliphatic carbocycles. The van der Waals surface area contributed by atoms with E-state index in [9.17, 15) is 0 Å². The standard InChI is InChI=1S/C8H13N3OS/c1-11(6-3-2-4-6)8-10-9-7(5-12)13-8/h6,12H,2-5H2,1H3. The molecule has 4 nitrogen and oxygen atoms in total. The minimum Gasteiger partial charge on any atom is -0.389 e. The zero-order valence-corrected chi connectivity index (χ0v) is 8.42. The van der Waals surface area contributed by atoms with Crippen LogP contribution in [0.15, 0.2) is 0 Å². The summed E-state index contributed by atoms with van der Waals surface area (Å²) in [7, 11) is 2.05. The van der Waals surface area contributed by atoms with E-state index in [2.05, 4.69) is 15.1 Å². The highest BCUT2D eigenvalue weighted by Gasteiger charge is 2.24. The Morgan fingerprint density at radius 3 is 2.77 bits per heavy atom. The summed E-state index contributed by atoms with van der Waals surface area (Å²) in [5.74, 6) is 0. The smallest absolute Gasteiger partial charge is 0.208 e. The fraction of sp³-hybridized carbons (Fsp3) is 0.750. The van der Waals surface area contributed by atoms with E-state index in [0.717, 1.165) is 5.13 Å². The summed E-state index contributed by atoms with van der Waals surface area (Å²) in [4.78, 5) is 2.17. The van der Waals surface area contributed by atoms with Crippen LogP contribution in [-0.2, 0) is 6.61 Å². The van der Waals surface area contributed by atoms with Crippen LogP contribution in [0.2, 0.25) is 0 Å². The van der Waals surface area contributed by atoms with Gasteiger partial charge in [0.2, 0.25) is 5.13 Å². The zero-order valence-electron chi connectivity index (χ0n) is 7.60. The Labute approximate surface area is 81.2 Å². The predicted molar refractivity (Wildman–Crippen MR) is 51.9 cm³/mol. The van der Waals surface area contributed by atoms with Crippen molar-refractivity contribution in [3.63, 3.8) is 0 Å². The van der Waals surface area contributed by atoms with Gasteiger partial charge in [0.05, 0.1) is 6.61 Å². The van der Waals surface area contributed by atoms with E-state index in [4.69, 9.17) is 5.11 Å². The lowest BCUT2D eigenvalue weighted by Crippen LogP contribution is -2.36. The molecule has 2 rings (SSSR count). The van der Waals surface area contributed by atoms with Crippen molar-refractivity contribution in [2.45, 2.75) is 31.9 Å². The molecule has 1 heterocycles. The minimum atomic E-state index is -0.00380. The summed E-state index contributed by atoms with van der Waals surface area (Å²) in [6, 6.07) is 0.638. The van der Waals surface area contributed by atoms with Gasteiger partial charge in [0.1, 0.15) is 5.01 Å². The molecule has 1 saturated carbocycles. The first-order valence-electron chi connectivity index (χ1n) is 4.47. The Balaban J connectivity index is 2.05. The number of aliphatic hydroxyl groups is 1. The number of nitrogens with zero attached hydrogens (tertiary/aromatic N) is 3. The SMILES string of the molecule is CN(c1nnc(CO)s1)C1CCC1. The maximum atomic E-state index is 8.83. The molecule has 5 heteroatoms. The van der Waals surface area contributed by atoms with Crippen LogP contribution >= 0.6 is 11.3 Å². The number of aliphatic hydroxyl groups excluding tert-OH is 1. The van der Waals surface area contributed by atoms with Gasteiger partial charge in [-0.05, 0) is 19.3 Å². The summed E-state index contributed by atoms with van der Waals surface area (Å²) in [5, 5.41) is 18.3. The van der Waals surface area contributed by atoms with Crippen LogP contribution in [0.25, 0.3) is 0 Å². The second-order valence-corrected chi connectivity index (χ2v) is 4.37. The third-order valence-electron chi connectivity index (χ3n) is 2.52. The van der Waals surface area contributed by atoms with Gasteiger partial charge in [0.15, 0.2) is 0 Å². The lowest BCUT2D eigenvalue weighted by molar-refractivity contribution is 0.280. The molecular weight excluding hydrogens is 186 g/mol. The molecule has 0 saturated heterocycles. The van der Waals surface area contributed by atoms with Gasteiger partial charge >= 0.3 is 0 Å². The summed E-state index contributed by atoms with van der Waals surface area (Å²) in [6.07, 6.45) is 3.83. The largest absolute Gasteiger partial charge is 0.389 e. The van der Waals surface area contributed by atoms with Crippen molar-refractivity contribution in [1.29, 1.82) is 0 Å². The van der Waals surface area contributed by atoms with E-state index < -0.39 is 0 Å². The van der Waals surface area contributed by atoms with E-state index in [1.165, 1.54) is 30.6 Å². The van der Waals surface area contributed by atoms with E-state index in [1.54, 1.807) is 0 Å². The molecule has 0 aliphatic heterocycles. The number of hydrogen-bond donors (Lipinski definition) is 1. The molecule has 1 aromatic heterocycles. The van der Waals surface area contributed by atoms with Gasteiger partial charge in [-0.1, -0.05) is 11.3 Å². The molecule has 0 aromatic carbocycles. The van der Waals surface area contributed by atoms with Crippen LogP contribution in [0, 0.1) is 0 Å². The molecule has 0 atom stereocenters. The molecule has 1 aliphatic rings. The molecule has 1 N–H and O–H groups in total. The summed E-state index contributed by atoms with van der Waals surface area (Å²) in [5.41, 5.74) is 0. The monoisotopic (exact) mass is 199 g/mol. The van der Waals surface area contributed by atoms with Crippen molar-refractivity contribution in [1.82, 2.24) is 10.2 Å². The highest BCUT2D eigenvalue weighted by atomic mass is 32.1. The third kappa shape index (κ3) is 1.66. The molecule has 13 heavy (non-hydrogen) atoms. The van der Waals surface area contributed by atoms with Crippen molar-refractivity contribution in [2.24, 2.45) is 0 Å². The van der Waals surface area contributed by atoms with Crippen LogP contribution < -0.4 is 4.90 Å². The fourth-order valence-electron chi connectivity index (χ4n) is 1.38. The summed E-state index contributed by atoms with van der Waals surface area (Å²) >= 11 is 1.47. The Bertz CT molecular complexity index is 285. The fourth-order valence-corrected chi connectivity index (χ4v) is 2.11. The quantitative estimate of drug-likeness (QED) is 0.789. The van der Waals surface area contributed by atoms with Gasteiger partial charge in [0, 0.05) is 13.1 Å². The highest BCUT2D eigenvalue weighted by Crippen LogP contribution is 2.29. The predicted octanol–water partition coefficient (Wildman–Crippen LogP) is 1.02. The van der Waals surface area contributed by atoms with Gasteiger partial charge in [-0.25, -0.2) is 0 Å². The van der Waals surface area contributed by atoms with Crippen LogP contribution in [-0.4, -0.2) is 28.4 Å². The number of aromatic nitrogens is 2. The van der Waals surface area contributed by atoms with E-state index in [-0.39, 0.29) is 6.61 Å². The minimum absolute atomic E-state index is 0.00380. The Hall–Kier alpha value is -0.680. The summed E-state index contributed by atoms with van der Waals surface area (Å²) in [6.45, 7) is -0.00380. The third-order valence-corrected chi connectivity index (χ3v) is 3.51. The van der Waals surface area contributed by atoms with Crippen molar-refractivity contribution in [2.75, 3.05) is 11.9 Å². The second kappa shape index (κ2) is 3.59. The first-order chi connectivity index (χ1) is 6.31. The van der Waals surface area contributed by atoms with Crippen molar-refractivity contribution in [3.05, 3.63) is 5.01 Å². The first kappa shape index (κ1) is 8.90. The molecule has 0 unspecified atom stereocenters. The maximum Gasteiger partial charge on any atom is 0.208 e. The molecule has 0 radical (unpaired) electrons. The maximum absolute atomic E-state index is 8.83. The molecule has 0 amide bonds. The normalized spacial score (nSPS) is 17.1. The van der Waals surface area contributed by atoms with Crippen molar-refractivity contribution < 1.29 is 5.11 Å². The van der Waals surface area contributed by atoms with Gasteiger partial charge in [-0.2, -0.15) is 0 Å².